The molecular formula is C32H29F2N3O2. The summed E-state index contributed by atoms with van der Waals surface area (Å²) in [5.41, 5.74) is 5.22. The molecule has 0 unspecified atom stereocenters. The van der Waals surface area contributed by atoms with Crippen LogP contribution >= 0.6 is 0 Å². The monoisotopic (exact) mass is 525 g/mol. The number of hydrogen-bond donors (Lipinski definition) is 3. The maximum atomic E-state index is 14.1. The Morgan fingerprint density at radius 1 is 0.974 bits per heavy atom. The van der Waals surface area contributed by atoms with Crippen LogP contribution in [0.4, 0.5) is 14.5 Å². The van der Waals surface area contributed by atoms with Crippen LogP contribution in [0.5, 0.6) is 0 Å². The lowest BCUT2D eigenvalue weighted by atomic mass is 10.0. The van der Waals surface area contributed by atoms with Crippen molar-refractivity contribution in [1.29, 1.82) is 0 Å². The number of hydrogen-bond acceptors (Lipinski definition) is 3. The summed E-state index contributed by atoms with van der Waals surface area (Å²) in [6, 6.07) is 24.9. The average Bonchev–Trinajstić information content (AvgIpc) is 3.24. The number of amidine groups is 1. The number of halogens is 2. The van der Waals surface area contributed by atoms with E-state index in [1.165, 1.54) is 18.2 Å². The van der Waals surface area contributed by atoms with Gasteiger partial charge in [-0.1, -0.05) is 48.5 Å². The highest BCUT2D eigenvalue weighted by atomic mass is 19.1. The zero-order chi connectivity index (χ0) is 27.4. The smallest absolute Gasteiger partial charge is 0.251 e. The van der Waals surface area contributed by atoms with E-state index < -0.39 is 12.1 Å². The van der Waals surface area contributed by atoms with Crippen LogP contribution in [-0.2, 0) is 12.8 Å². The highest BCUT2D eigenvalue weighted by molar-refractivity contribution is 5.95. The van der Waals surface area contributed by atoms with Crippen molar-refractivity contribution in [2.45, 2.75) is 31.9 Å². The first kappa shape index (κ1) is 26.3. The fourth-order valence-corrected chi connectivity index (χ4v) is 4.85. The normalized spacial score (nSPS) is 16.6. The summed E-state index contributed by atoms with van der Waals surface area (Å²) < 4.78 is 27.2. The zero-order valence-electron chi connectivity index (χ0n) is 21.5. The number of rotatable bonds is 7. The van der Waals surface area contributed by atoms with Crippen molar-refractivity contribution in [2.24, 2.45) is 4.99 Å². The number of aliphatic imine (C=N–C) groups is 1. The van der Waals surface area contributed by atoms with Crippen molar-refractivity contribution < 1.29 is 18.7 Å². The third-order valence-electron chi connectivity index (χ3n) is 6.90. The van der Waals surface area contributed by atoms with Crippen LogP contribution in [0.2, 0.25) is 0 Å². The molecule has 7 heteroatoms. The molecule has 5 rings (SSSR count). The fourth-order valence-electron chi connectivity index (χ4n) is 4.85. The largest absolute Gasteiger partial charge is 0.390 e. The zero-order valence-corrected chi connectivity index (χ0v) is 21.5. The van der Waals surface area contributed by atoms with Crippen LogP contribution in [0.15, 0.2) is 96.0 Å². The molecule has 2 atom stereocenters. The second-order valence-corrected chi connectivity index (χ2v) is 9.66. The number of benzene rings is 4. The fraction of sp³-hybridized carbons (Fsp3) is 0.188. The standard InChI is InChI=1S/C32H29F2N3O2/c1-20(35-17-16-21-6-13-25(33)14-7-21)36-26-15-12-24-18-30(38)31(28(24)19-26)37-32(39)23-10-8-22(9-11-23)27-4-2-3-5-29(27)34/h2-15,19,30-31,38H,16-18H2,1H3,(H,35,36)(H,37,39)/t30-,31-/m1/s1. The molecule has 0 saturated carbocycles. The number of fused-ring (bicyclic) bond motifs is 1. The minimum atomic E-state index is -0.748. The first-order valence-electron chi connectivity index (χ1n) is 12.9. The lowest BCUT2D eigenvalue weighted by molar-refractivity contribution is 0.0858. The van der Waals surface area contributed by atoms with Crippen molar-refractivity contribution in [3.63, 3.8) is 0 Å². The van der Waals surface area contributed by atoms with Gasteiger partial charge in [0.2, 0.25) is 0 Å². The highest BCUT2D eigenvalue weighted by Gasteiger charge is 2.32. The number of amides is 1. The molecule has 4 aromatic carbocycles. The van der Waals surface area contributed by atoms with Gasteiger partial charge >= 0.3 is 0 Å². The summed E-state index contributed by atoms with van der Waals surface area (Å²) in [6.45, 7) is 2.43. The Morgan fingerprint density at radius 2 is 1.72 bits per heavy atom. The number of nitrogens with zero attached hydrogens (tertiary/aromatic N) is 1. The van der Waals surface area contributed by atoms with E-state index in [0.717, 1.165) is 28.2 Å². The van der Waals surface area contributed by atoms with Gasteiger partial charge in [-0.2, -0.15) is 0 Å². The topological polar surface area (TPSA) is 73.7 Å². The summed E-state index contributed by atoms with van der Waals surface area (Å²) in [4.78, 5) is 17.6. The van der Waals surface area contributed by atoms with Crippen molar-refractivity contribution in [1.82, 2.24) is 5.32 Å². The van der Waals surface area contributed by atoms with E-state index >= 15 is 0 Å². The Balaban J connectivity index is 1.24. The third kappa shape index (κ3) is 6.21. The Bertz CT molecular complexity index is 1500. The molecule has 1 amide bonds. The predicted octanol–water partition coefficient (Wildman–Crippen LogP) is 6.09. The van der Waals surface area contributed by atoms with Crippen molar-refractivity contribution in [3.05, 3.63) is 125 Å². The molecular weight excluding hydrogens is 496 g/mol. The van der Waals surface area contributed by atoms with Crippen molar-refractivity contribution in [2.75, 3.05) is 11.9 Å². The summed E-state index contributed by atoms with van der Waals surface area (Å²) in [5, 5.41) is 17.0. The quantitative estimate of drug-likeness (QED) is 0.202. The number of anilines is 1. The molecule has 5 nitrogen and oxygen atoms in total. The van der Waals surface area contributed by atoms with Gasteiger partial charge in [-0.25, -0.2) is 8.78 Å². The molecule has 198 valence electrons. The maximum Gasteiger partial charge on any atom is 0.251 e. The van der Waals surface area contributed by atoms with E-state index in [0.29, 0.717) is 36.1 Å². The number of aliphatic hydroxyl groups excluding tert-OH is 1. The van der Waals surface area contributed by atoms with Crippen LogP contribution in [0.25, 0.3) is 11.1 Å². The van der Waals surface area contributed by atoms with Gasteiger partial charge in [0.05, 0.1) is 18.0 Å². The van der Waals surface area contributed by atoms with Gasteiger partial charge in [-0.15, -0.1) is 0 Å². The van der Waals surface area contributed by atoms with Gasteiger partial charge in [0.15, 0.2) is 0 Å². The summed E-state index contributed by atoms with van der Waals surface area (Å²) in [5.74, 6) is -0.165. The molecule has 39 heavy (non-hydrogen) atoms. The van der Waals surface area contributed by atoms with Gasteiger partial charge in [-0.05, 0) is 78.1 Å². The number of carbonyl (C=O) groups excluding carboxylic acids is 1. The van der Waals surface area contributed by atoms with Gasteiger partial charge in [0.25, 0.3) is 5.91 Å². The lowest BCUT2D eigenvalue weighted by Gasteiger charge is -2.19. The minimum absolute atomic E-state index is 0.256. The number of nitrogens with one attached hydrogen (secondary N) is 2. The summed E-state index contributed by atoms with van der Waals surface area (Å²) in [6.07, 6.45) is 0.394. The highest BCUT2D eigenvalue weighted by Crippen LogP contribution is 2.34. The number of carbonyl (C=O) groups is 1. The van der Waals surface area contributed by atoms with Gasteiger partial charge in [-0.3, -0.25) is 9.79 Å². The second-order valence-electron chi connectivity index (χ2n) is 9.66. The van der Waals surface area contributed by atoms with Crippen molar-refractivity contribution >= 4 is 17.4 Å². The number of aliphatic hydroxyl groups is 1. The van der Waals surface area contributed by atoms with Crippen molar-refractivity contribution in [3.8, 4) is 11.1 Å². The van der Waals surface area contributed by atoms with Crippen LogP contribution in [0, 0.1) is 11.6 Å². The Morgan fingerprint density at radius 3 is 2.46 bits per heavy atom. The molecule has 1 aliphatic rings. The molecule has 3 N–H and O–H groups in total. The molecule has 0 spiro atoms. The predicted molar refractivity (Wildman–Crippen MR) is 150 cm³/mol. The van der Waals surface area contributed by atoms with E-state index in [4.69, 9.17) is 0 Å². The van der Waals surface area contributed by atoms with Gasteiger partial charge in [0.1, 0.15) is 11.6 Å². The Kier molecular flexibility index (Phi) is 7.79. The van der Waals surface area contributed by atoms with Gasteiger partial charge in [0, 0.05) is 29.8 Å². The molecule has 0 aromatic heterocycles. The van der Waals surface area contributed by atoms with Crippen LogP contribution < -0.4 is 10.6 Å². The summed E-state index contributed by atoms with van der Waals surface area (Å²) in [7, 11) is 0. The van der Waals surface area contributed by atoms with E-state index in [1.54, 1.807) is 54.6 Å². The first-order valence-corrected chi connectivity index (χ1v) is 12.9. The SMILES string of the molecule is CC(=NCCc1ccc(F)cc1)Nc1ccc2c(c1)[C@@H](NC(=O)c1ccc(-c3ccccc3F)cc1)[C@H](O)C2. The van der Waals surface area contributed by atoms with Gasteiger partial charge < -0.3 is 15.7 Å². The molecule has 0 fully saturated rings. The first-order chi connectivity index (χ1) is 18.9. The maximum absolute atomic E-state index is 14.1. The second kappa shape index (κ2) is 11.6. The minimum Gasteiger partial charge on any atom is -0.390 e. The third-order valence-corrected chi connectivity index (χ3v) is 6.90. The molecule has 0 bridgehead atoms. The summed E-state index contributed by atoms with van der Waals surface area (Å²) >= 11 is 0. The van der Waals surface area contributed by atoms with E-state index in [9.17, 15) is 18.7 Å². The van der Waals surface area contributed by atoms with E-state index in [1.807, 2.05) is 25.1 Å². The Labute approximate surface area is 226 Å². The van der Waals surface area contributed by atoms with E-state index in [2.05, 4.69) is 15.6 Å². The van der Waals surface area contributed by atoms with Crippen LogP contribution in [-0.4, -0.2) is 29.5 Å². The Hall–Kier alpha value is -4.36. The molecule has 0 aliphatic heterocycles. The lowest BCUT2D eigenvalue weighted by Crippen LogP contribution is -2.33. The molecule has 0 saturated heterocycles. The van der Waals surface area contributed by atoms with Crippen LogP contribution in [0.3, 0.4) is 0 Å². The average molecular weight is 526 g/mol. The molecule has 0 heterocycles. The molecule has 1 aliphatic carbocycles. The molecule has 4 aromatic rings. The van der Waals surface area contributed by atoms with E-state index in [-0.39, 0.29) is 17.5 Å². The molecule has 0 radical (unpaired) electrons. The van der Waals surface area contributed by atoms with Crippen LogP contribution in [0.1, 0.15) is 40.0 Å².